The first-order chi connectivity index (χ1) is 6.75. The van der Waals surface area contributed by atoms with E-state index in [0.717, 1.165) is 17.0 Å². The third kappa shape index (κ3) is 2.02. The fraction of sp³-hybridized carbons (Fsp3) is 0.500. The number of nitrogens with zero attached hydrogens (tertiary/aromatic N) is 1. The molecule has 1 aromatic heterocycles. The maximum atomic E-state index is 10.3. The van der Waals surface area contributed by atoms with Crippen molar-refractivity contribution < 1.29 is 14.6 Å². The normalized spacial score (nSPS) is 14.9. The van der Waals surface area contributed by atoms with Crippen LogP contribution in [0.1, 0.15) is 10.6 Å². The molecule has 0 amide bonds. The molecular formula is C8H10N2O3S. The fourth-order valence-corrected chi connectivity index (χ4v) is 2.19. The van der Waals surface area contributed by atoms with Gasteiger partial charge >= 0.3 is 5.97 Å². The molecule has 1 aromatic rings. The quantitative estimate of drug-likeness (QED) is 0.775. The molecule has 76 valence electrons. The third-order valence-electron chi connectivity index (χ3n) is 1.89. The van der Waals surface area contributed by atoms with Gasteiger partial charge in [0.1, 0.15) is 6.54 Å². The Labute approximate surface area is 84.7 Å². The molecule has 0 bridgehead atoms. The van der Waals surface area contributed by atoms with E-state index in [1.54, 1.807) is 0 Å². The predicted octanol–water partition coefficient (Wildman–Crippen LogP) is 0.712. The topological polar surface area (TPSA) is 71.5 Å². The number of aromatic nitrogens is 1. The van der Waals surface area contributed by atoms with Crippen LogP contribution >= 0.6 is 11.3 Å². The van der Waals surface area contributed by atoms with Crippen LogP contribution in [-0.2, 0) is 22.6 Å². The Balaban J connectivity index is 2.04. The highest BCUT2D eigenvalue weighted by molar-refractivity contribution is 7.15. The summed E-state index contributed by atoms with van der Waals surface area (Å²) in [5, 5.41) is 11.9. The van der Waals surface area contributed by atoms with Crippen molar-refractivity contribution in [1.82, 2.24) is 4.98 Å². The summed E-state index contributed by atoms with van der Waals surface area (Å²) in [5.74, 6) is -0.880. The molecule has 6 heteroatoms. The van der Waals surface area contributed by atoms with E-state index in [9.17, 15) is 4.79 Å². The molecule has 0 saturated heterocycles. The monoisotopic (exact) mass is 214 g/mol. The Morgan fingerprint density at radius 3 is 3.29 bits per heavy atom. The van der Waals surface area contributed by atoms with Gasteiger partial charge < -0.3 is 15.2 Å². The number of aliphatic carboxylic acids is 1. The third-order valence-corrected chi connectivity index (χ3v) is 2.91. The summed E-state index contributed by atoms with van der Waals surface area (Å²) < 4.78 is 5.26. The zero-order valence-corrected chi connectivity index (χ0v) is 8.26. The average molecular weight is 214 g/mol. The number of carboxylic acid groups (broad SMARTS) is 1. The Kier molecular flexibility index (Phi) is 2.64. The summed E-state index contributed by atoms with van der Waals surface area (Å²) >= 11 is 1.47. The number of carbonyl (C=O) groups is 1. The van der Waals surface area contributed by atoms with Crippen molar-refractivity contribution in [3.05, 3.63) is 10.6 Å². The molecule has 1 aliphatic rings. The molecular weight excluding hydrogens is 204 g/mol. The number of carboxylic acids is 1. The molecule has 0 fully saturated rings. The minimum atomic E-state index is -0.880. The highest BCUT2D eigenvalue weighted by Gasteiger charge is 2.15. The molecule has 0 saturated carbocycles. The molecule has 0 aromatic carbocycles. The van der Waals surface area contributed by atoms with E-state index in [1.807, 2.05) is 0 Å². The molecule has 5 nitrogen and oxygen atoms in total. The van der Waals surface area contributed by atoms with Gasteiger partial charge in [-0.1, -0.05) is 11.3 Å². The minimum absolute atomic E-state index is 0.0900. The van der Waals surface area contributed by atoms with Crippen LogP contribution in [0.2, 0.25) is 0 Å². The summed E-state index contributed by atoms with van der Waals surface area (Å²) in [6.07, 6.45) is 0.820. The van der Waals surface area contributed by atoms with Gasteiger partial charge in [0.15, 0.2) is 5.13 Å². The average Bonchev–Trinajstić information content (AvgIpc) is 2.57. The highest BCUT2D eigenvalue weighted by atomic mass is 32.1. The molecule has 0 aliphatic carbocycles. The van der Waals surface area contributed by atoms with Gasteiger partial charge in [0.05, 0.1) is 23.8 Å². The van der Waals surface area contributed by atoms with E-state index >= 15 is 0 Å². The first-order valence-electron chi connectivity index (χ1n) is 4.27. The van der Waals surface area contributed by atoms with Crippen LogP contribution in [0, 0.1) is 0 Å². The summed E-state index contributed by atoms with van der Waals surface area (Å²) in [4.78, 5) is 15.7. The molecule has 0 unspecified atom stereocenters. The summed E-state index contributed by atoms with van der Waals surface area (Å²) in [6, 6.07) is 0. The van der Waals surface area contributed by atoms with Crippen molar-refractivity contribution in [3.63, 3.8) is 0 Å². The van der Waals surface area contributed by atoms with Crippen molar-refractivity contribution in [3.8, 4) is 0 Å². The Morgan fingerprint density at radius 2 is 2.57 bits per heavy atom. The number of anilines is 1. The van der Waals surface area contributed by atoms with Crippen molar-refractivity contribution in [2.45, 2.75) is 13.0 Å². The van der Waals surface area contributed by atoms with E-state index in [4.69, 9.17) is 9.84 Å². The lowest BCUT2D eigenvalue weighted by atomic mass is 10.2. The molecule has 2 N–H and O–H groups in total. The number of fused-ring (bicyclic) bond motifs is 1. The highest BCUT2D eigenvalue weighted by Crippen LogP contribution is 2.26. The number of hydrogen-bond acceptors (Lipinski definition) is 5. The summed E-state index contributed by atoms with van der Waals surface area (Å²) in [6.45, 7) is 1.21. The molecule has 14 heavy (non-hydrogen) atoms. The fourth-order valence-electron chi connectivity index (χ4n) is 1.25. The maximum Gasteiger partial charge on any atom is 0.322 e. The van der Waals surface area contributed by atoms with E-state index < -0.39 is 5.97 Å². The van der Waals surface area contributed by atoms with Crippen LogP contribution in [0.25, 0.3) is 0 Å². The second-order valence-electron chi connectivity index (χ2n) is 2.94. The Morgan fingerprint density at radius 1 is 1.71 bits per heavy atom. The lowest BCUT2D eigenvalue weighted by molar-refractivity contribution is -0.134. The van der Waals surface area contributed by atoms with Gasteiger partial charge in [-0.05, 0) is 0 Å². The first kappa shape index (κ1) is 9.42. The number of nitrogens with one attached hydrogen (secondary N) is 1. The van der Waals surface area contributed by atoms with Crippen LogP contribution in [0.3, 0.4) is 0 Å². The second kappa shape index (κ2) is 3.93. The van der Waals surface area contributed by atoms with E-state index in [0.29, 0.717) is 18.3 Å². The molecule has 1 aliphatic heterocycles. The standard InChI is InChI=1S/C8H10N2O3S/c11-7(12)3-9-8-10-5-1-2-13-4-6(5)14-8/h1-4H2,(H,9,10)(H,11,12). The van der Waals surface area contributed by atoms with Crippen LogP contribution < -0.4 is 5.32 Å². The van der Waals surface area contributed by atoms with Gasteiger partial charge in [-0.3, -0.25) is 4.79 Å². The van der Waals surface area contributed by atoms with Gasteiger partial charge in [0.25, 0.3) is 0 Å². The van der Waals surface area contributed by atoms with E-state index in [-0.39, 0.29) is 6.54 Å². The van der Waals surface area contributed by atoms with Crippen molar-refractivity contribution in [2.24, 2.45) is 0 Å². The largest absolute Gasteiger partial charge is 0.480 e. The second-order valence-corrected chi connectivity index (χ2v) is 4.02. The van der Waals surface area contributed by atoms with E-state index in [1.165, 1.54) is 11.3 Å². The SMILES string of the molecule is O=C(O)CNc1nc2c(s1)COCC2. The minimum Gasteiger partial charge on any atom is -0.480 e. The lowest BCUT2D eigenvalue weighted by Crippen LogP contribution is -2.12. The van der Waals surface area contributed by atoms with Crippen LogP contribution in [0.4, 0.5) is 5.13 Å². The molecule has 0 spiro atoms. The van der Waals surface area contributed by atoms with E-state index in [2.05, 4.69) is 10.3 Å². The Bertz CT molecular complexity index is 327. The van der Waals surface area contributed by atoms with Crippen LogP contribution in [-0.4, -0.2) is 29.2 Å². The summed E-state index contributed by atoms with van der Waals surface area (Å²) in [5.41, 5.74) is 1.04. The zero-order chi connectivity index (χ0) is 9.97. The van der Waals surface area contributed by atoms with Crippen molar-refractivity contribution in [2.75, 3.05) is 18.5 Å². The van der Waals surface area contributed by atoms with Gasteiger partial charge in [-0.2, -0.15) is 0 Å². The molecule has 0 atom stereocenters. The zero-order valence-electron chi connectivity index (χ0n) is 7.45. The number of ether oxygens (including phenoxy) is 1. The lowest BCUT2D eigenvalue weighted by Gasteiger charge is -2.08. The maximum absolute atomic E-state index is 10.3. The molecule has 2 rings (SSSR count). The van der Waals surface area contributed by atoms with Crippen LogP contribution in [0.5, 0.6) is 0 Å². The molecule has 2 heterocycles. The van der Waals surface area contributed by atoms with Gasteiger partial charge in [-0.25, -0.2) is 4.98 Å². The number of hydrogen-bond donors (Lipinski definition) is 2. The molecule has 0 radical (unpaired) electrons. The smallest absolute Gasteiger partial charge is 0.322 e. The number of thiazole rings is 1. The summed E-state index contributed by atoms with van der Waals surface area (Å²) in [7, 11) is 0. The Hall–Kier alpha value is -1.14. The number of rotatable bonds is 3. The first-order valence-corrected chi connectivity index (χ1v) is 5.09. The van der Waals surface area contributed by atoms with Crippen molar-refractivity contribution >= 4 is 22.4 Å². The van der Waals surface area contributed by atoms with Gasteiger partial charge in [-0.15, -0.1) is 0 Å². The van der Waals surface area contributed by atoms with Gasteiger partial charge in [0, 0.05) is 6.42 Å². The van der Waals surface area contributed by atoms with Crippen molar-refractivity contribution in [1.29, 1.82) is 0 Å². The van der Waals surface area contributed by atoms with Gasteiger partial charge in [0.2, 0.25) is 0 Å². The predicted molar refractivity (Wildman–Crippen MR) is 51.6 cm³/mol. The van der Waals surface area contributed by atoms with Crippen LogP contribution in [0.15, 0.2) is 0 Å².